The summed E-state index contributed by atoms with van der Waals surface area (Å²) in [6.07, 6.45) is 1.89. The average molecular weight is 272 g/mol. The molecular weight excluding hydrogens is 262 g/mol. The van der Waals surface area contributed by atoms with Crippen LogP contribution in [0.25, 0.3) is 25.9 Å². The van der Waals surface area contributed by atoms with Gasteiger partial charge in [-0.3, -0.25) is 0 Å². The summed E-state index contributed by atoms with van der Waals surface area (Å²) in [5, 5.41) is 7.95. The Labute approximate surface area is 114 Å². The van der Waals surface area contributed by atoms with E-state index in [0.717, 1.165) is 11.6 Å². The second-order valence-electron chi connectivity index (χ2n) is 4.48. The number of thiophene rings is 1. The fourth-order valence-corrected chi connectivity index (χ4v) is 3.98. The van der Waals surface area contributed by atoms with Crippen LogP contribution < -0.4 is 5.32 Å². The summed E-state index contributed by atoms with van der Waals surface area (Å²) >= 11 is 8.04. The monoisotopic (exact) mass is 271 g/mol. The highest BCUT2D eigenvalue weighted by molar-refractivity contribution is 7.21. The molecule has 0 spiro atoms. The summed E-state index contributed by atoms with van der Waals surface area (Å²) in [6, 6.07) is 13.0. The number of fused-ring (bicyclic) bond motifs is 4. The molecule has 2 heterocycles. The number of nitrogens with one attached hydrogen (secondary N) is 1. The van der Waals surface area contributed by atoms with Gasteiger partial charge in [0.05, 0.1) is 9.91 Å². The van der Waals surface area contributed by atoms with E-state index in [1.54, 1.807) is 11.3 Å². The molecule has 1 aromatic heterocycles. The zero-order valence-electron chi connectivity index (χ0n) is 9.53. The largest absolute Gasteiger partial charge is 0.386 e. The third-order valence-corrected chi connectivity index (χ3v) is 5.02. The number of hydrogen-bond donors (Lipinski definition) is 1. The lowest BCUT2D eigenvalue weighted by Gasteiger charge is -2.10. The van der Waals surface area contributed by atoms with E-state index in [-0.39, 0.29) is 0 Å². The molecule has 0 unspecified atom stereocenters. The highest BCUT2D eigenvalue weighted by Crippen LogP contribution is 2.40. The molecule has 2 aromatic carbocycles. The minimum Gasteiger partial charge on any atom is -0.386 e. The number of benzene rings is 2. The van der Waals surface area contributed by atoms with Gasteiger partial charge in [-0.2, -0.15) is 0 Å². The van der Waals surface area contributed by atoms with E-state index in [9.17, 15) is 0 Å². The highest BCUT2D eigenvalue weighted by Gasteiger charge is 2.17. The van der Waals surface area contributed by atoms with Crippen molar-refractivity contribution in [2.75, 3.05) is 0 Å². The van der Waals surface area contributed by atoms with Gasteiger partial charge in [0.1, 0.15) is 0 Å². The van der Waals surface area contributed by atoms with Gasteiger partial charge in [0.2, 0.25) is 0 Å². The van der Waals surface area contributed by atoms with E-state index in [1.807, 2.05) is 6.20 Å². The van der Waals surface area contributed by atoms with Gasteiger partial charge in [0.25, 0.3) is 0 Å². The van der Waals surface area contributed by atoms with Crippen molar-refractivity contribution in [1.29, 1.82) is 0 Å². The maximum atomic E-state index is 6.26. The molecule has 0 radical (unpaired) electrons. The molecule has 1 aliphatic rings. The lowest BCUT2D eigenvalue weighted by molar-refractivity contribution is 0.869. The van der Waals surface area contributed by atoms with Gasteiger partial charge >= 0.3 is 0 Å². The zero-order valence-corrected chi connectivity index (χ0v) is 11.1. The van der Waals surface area contributed by atoms with Crippen molar-refractivity contribution < 1.29 is 0 Å². The first-order chi connectivity index (χ1) is 8.83. The summed E-state index contributed by atoms with van der Waals surface area (Å²) < 4.78 is 1.31. The average Bonchev–Trinajstić information content (AvgIpc) is 2.76. The van der Waals surface area contributed by atoms with Crippen molar-refractivity contribution >= 4 is 48.8 Å². The third-order valence-electron chi connectivity index (χ3n) is 3.38. The Morgan fingerprint density at radius 2 is 1.89 bits per heavy atom. The number of hydrogen-bond acceptors (Lipinski definition) is 2. The first kappa shape index (κ1) is 10.4. The van der Waals surface area contributed by atoms with E-state index < -0.39 is 0 Å². The Balaban J connectivity index is 2.14. The van der Waals surface area contributed by atoms with E-state index in [1.165, 1.54) is 31.3 Å². The SMILES string of the molecule is ClC1=CNCc2c1sc1cc3ccccc3cc21. The molecule has 0 bridgehead atoms. The molecular formula is C15H10ClNS. The van der Waals surface area contributed by atoms with E-state index in [2.05, 4.69) is 41.7 Å². The molecule has 88 valence electrons. The van der Waals surface area contributed by atoms with Gasteiger partial charge in [-0.1, -0.05) is 35.9 Å². The van der Waals surface area contributed by atoms with Gasteiger partial charge < -0.3 is 5.32 Å². The second-order valence-corrected chi connectivity index (χ2v) is 5.94. The van der Waals surface area contributed by atoms with Crippen LogP contribution in [0, 0.1) is 0 Å². The van der Waals surface area contributed by atoms with Crippen LogP contribution in [-0.2, 0) is 6.54 Å². The van der Waals surface area contributed by atoms with Gasteiger partial charge in [-0.15, -0.1) is 11.3 Å². The summed E-state index contributed by atoms with van der Waals surface area (Å²) in [5.41, 5.74) is 1.33. The van der Waals surface area contributed by atoms with Crippen molar-refractivity contribution in [3.63, 3.8) is 0 Å². The van der Waals surface area contributed by atoms with Crippen LogP contribution in [0.4, 0.5) is 0 Å². The minimum absolute atomic E-state index is 0.821. The van der Waals surface area contributed by atoms with Crippen molar-refractivity contribution in [2.45, 2.75) is 6.54 Å². The lowest BCUT2D eigenvalue weighted by Crippen LogP contribution is -2.09. The van der Waals surface area contributed by atoms with Crippen LogP contribution in [0.1, 0.15) is 10.4 Å². The molecule has 4 rings (SSSR count). The van der Waals surface area contributed by atoms with Gasteiger partial charge in [0, 0.05) is 17.4 Å². The first-order valence-electron chi connectivity index (χ1n) is 5.86. The van der Waals surface area contributed by atoms with Crippen LogP contribution in [0.2, 0.25) is 0 Å². The molecule has 1 nitrogen and oxygen atoms in total. The molecule has 0 atom stereocenters. The molecule has 1 aliphatic heterocycles. The maximum Gasteiger partial charge on any atom is 0.0738 e. The van der Waals surface area contributed by atoms with Crippen molar-refractivity contribution in [3.8, 4) is 0 Å². The van der Waals surface area contributed by atoms with Crippen LogP contribution in [0.15, 0.2) is 42.6 Å². The predicted molar refractivity (Wildman–Crippen MR) is 80.0 cm³/mol. The van der Waals surface area contributed by atoms with E-state index in [0.29, 0.717) is 0 Å². The van der Waals surface area contributed by atoms with Crippen LogP contribution in [-0.4, -0.2) is 0 Å². The van der Waals surface area contributed by atoms with E-state index >= 15 is 0 Å². The molecule has 0 amide bonds. The number of rotatable bonds is 0. The Hall–Kier alpha value is -1.51. The molecule has 0 aliphatic carbocycles. The molecule has 18 heavy (non-hydrogen) atoms. The summed E-state index contributed by atoms with van der Waals surface area (Å²) in [5.74, 6) is 0. The predicted octanol–water partition coefficient (Wildman–Crippen LogP) is 4.69. The number of halogens is 1. The first-order valence-corrected chi connectivity index (χ1v) is 7.06. The summed E-state index contributed by atoms with van der Waals surface area (Å²) in [7, 11) is 0. The third kappa shape index (κ3) is 1.39. The highest BCUT2D eigenvalue weighted by atomic mass is 35.5. The van der Waals surface area contributed by atoms with Crippen molar-refractivity contribution in [3.05, 3.63) is 53.0 Å². The van der Waals surface area contributed by atoms with Crippen LogP contribution in [0.5, 0.6) is 0 Å². The minimum atomic E-state index is 0.821. The molecule has 0 saturated heterocycles. The molecule has 0 saturated carbocycles. The van der Waals surface area contributed by atoms with Crippen LogP contribution in [0.3, 0.4) is 0 Å². The van der Waals surface area contributed by atoms with Crippen molar-refractivity contribution in [2.24, 2.45) is 0 Å². The topological polar surface area (TPSA) is 12.0 Å². The van der Waals surface area contributed by atoms with Gasteiger partial charge in [0.15, 0.2) is 0 Å². The quantitative estimate of drug-likeness (QED) is 0.625. The molecule has 3 aromatic rings. The second kappa shape index (κ2) is 3.74. The van der Waals surface area contributed by atoms with Gasteiger partial charge in [-0.05, 0) is 33.9 Å². The molecule has 0 fully saturated rings. The lowest BCUT2D eigenvalue weighted by atomic mass is 10.0. The van der Waals surface area contributed by atoms with E-state index in [4.69, 9.17) is 11.6 Å². The standard InChI is InChI=1S/C15H10ClNS/c16-13-8-17-7-12-11-5-9-3-1-2-4-10(9)6-14(11)18-15(12)13/h1-6,8,17H,7H2. The summed E-state index contributed by atoms with van der Waals surface area (Å²) in [6.45, 7) is 0.865. The van der Waals surface area contributed by atoms with Gasteiger partial charge in [-0.25, -0.2) is 0 Å². The van der Waals surface area contributed by atoms with Crippen molar-refractivity contribution in [1.82, 2.24) is 5.32 Å². The van der Waals surface area contributed by atoms with Crippen LogP contribution >= 0.6 is 22.9 Å². The smallest absolute Gasteiger partial charge is 0.0738 e. The zero-order chi connectivity index (χ0) is 12.1. The molecule has 1 N–H and O–H groups in total. The summed E-state index contributed by atoms with van der Waals surface area (Å²) in [4.78, 5) is 1.21. The Bertz CT molecular complexity index is 801. The maximum absolute atomic E-state index is 6.26. The molecule has 3 heteroatoms. The normalized spacial score (nSPS) is 14.4. The Morgan fingerprint density at radius 1 is 1.11 bits per heavy atom. The Morgan fingerprint density at radius 3 is 2.72 bits per heavy atom. The fourth-order valence-electron chi connectivity index (χ4n) is 2.51. The Kier molecular flexibility index (Phi) is 2.16. The fraction of sp³-hybridized carbons (Fsp3) is 0.0667.